The van der Waals surface area contributed by atoms with Gasteiger partial charge in [-0.2, -0.15) is 5.10 Å². The van der Waals surface area contributed by atoms with Gasteiger partial charge in [-0.3, -0.25) is 15.5 Å². The van der Waals surface area contributed by atoms with E-state index in [1.165, 1.54) is 18.6 Å². The van der Waals surface area contributed by atoms with Crippen LogP contribution in [0, 0.1) is 10.1 Å². The number of allylic oxidation sites excluding steroid dienone is 1. The molecule has 0 saturated heterocycles. The van der Waals surface area contributed by atoms with Gasteiger partial charge in [-0.25, -0.2) is 9.97 Å². The van der Waals surface area contributed by atoms with Gasteiger partial charge in [0.05, 0.1) is 16.0 Å². The minimum absolute atomic E-state index is 0.0527. The number of nitrogens with zero attached hydrogens (tertiary/aromatic N) is 4. The number of nitro benzene ring substituents is 1. The maximum absolute atomic E-state index is 10.9. The van der Waals surface area contributed by atoms with Crippen molar-refractivity contribution in [1.29, 1.82) is 0 Å². The maximum atomic E-state index is 10.9. The lowest BCUT2D eigenvalue weighted by Crippen LogP contribution is -1.94. The second-order valence-electron chi connectivity index (χ2n) is 4.80. The van der Waals surface area contributed by atoms with Gasteiger partial charge in [0.15, 0.2) is 5.82 Å². The van der Waals surface area contributed by atoms with Crippen LogP contribution in [0.4, 0.5) is 11.5 Å². The van der Waals surface area contributed by atoms with Gasteiger partial charge in [0.1, 0.15) is 6.33 Å². The van der Waals surface area contributed by atoms with Gasteiger partial charge < -0.3 is 0 Å². The van der Waals surface area contributed by atoms with Crippen molar-refractivity contribution >= 4 is 34.7 Å². The fraction of sp³-hybridized carbons (Fsp3) is 0. The van der Waals surface area contributed by atoms with E-state index in [9.17, 15) is 10.1 Å². The van der Waals surface area contributed by atoms with Crippen molar-refractivity contribution in [3.05, 3.63) is 76.6 Å². The standard InChI is InChI=1S/C17H13N5O2/c23-22(24)16-10-4-1-6-13(16)7-5-11-20-21-17-14-8-2-3-9-15(14)18-12-19-17/h1-12H,(H,18,19,21)/b7-5+,20-11+. The number of benzene rings is 2. The van der Waals surface area contributed by atoms with Crippen molar-refractivity contribution in [3.8, 4) is 0 Å². The lowest BCUT2D eigenvalue weighted by molar-refractivity contribution is -0.385. The number of hydrogen-bond acceptors (Lipinski definition) is 6. The Bertz CT molecular complexity index is 932. The molecule has 0 aliphatic carbocycles. The average molecular weight is 319 g/mol. The molecule has 1 aromatic heterocycles. The minimum Gasteiger partial charge on any atom is -0.261 e. The average Bonchev–Trinajstić information content (AvgIpc) is 2.62. The molecular weight excluding hydrogens is 306 g/mol. The van der Waals surface area contributed by atoms with Gasteiger partial charge in [-0.1, -0.05) is 24.3 Å². The Morgan fingerprint density at radius 2 is 1.88 bits per heavy atom. The first-order valence-corrected chi connectivity index (χ1v) is 7.14. The molecule has 118 valence electrons. The lowest BCUT2D eigenvalue weighted by Gasteiger charge is -2.02. The molecule has 0 aliphatic rings. The minimum atomic E-state index is -0.415. The van der Waals surface area contributed by atoms with Crippen LogP contribution in [-0.2, 0) is 0 Å². The van der Waals surface area contributed by atoms with E-state index in [4.69, 9.17) is 0 Å². The van der Waals surface area contributed by atoms with E-state index in [1.807, 2.05) is 24.3 Å². The Kier molecular flexibility index (Phi) is 4.52. The highest BCUT2D eigenvalue weighted by Crippen LogP contribution is 2.19. The van der Waals surface area contributed by atoms with E-state index in [0.29, 0.717) is 11.4 Å². The number of anilines is 1. The largest absolute Gasteiger partial charge is 0.276 e. The molecule has 0 radical (unpaired) electrons. The number of fused-ring (bicyclic) bond motifs is 1. The van der Waals surface area contributed by atoms with Gasteiger partial charge in [0.2, 0.25) is 0 Å². The summed E-state index contributed by atoms with van der Waals surface area (Å²) in [5.74, 6) is 0.593. The van der Waals surface area contributed by atoms with Crippen LogP contribution < -0.4 is 5.43 Å². The summed E-state index contributed by atoms with van der Waals surface area (Å²) in [6.07, 6.45) is 6.22. The molecule has 7 heteroatoms. The molecule has 0 unspecified atom stereocenters. The summed E-state index contributed by atoms with van der Waals surface area (Å²) in [6, 6.07) is 14.1. The molecule has 0 bridgehead atoms. The molecule has 0 amide bonds. The quantitative estimate of drug-likeness (QED) is 0.440. The highest BCUT2D eigenvalue weighted by Gasteiger charge is 2.08. The van der Waals surface area contributed by atoms with E-state index in [2.05, 4.69) is 20.5 Å². The normalized spacial score (nSPS) is 11.3. The molecule has 0 spiro atoms. The van der Waals surface area contributed by atoms with Crippen molar-refractivity contribution in [2.45, 2.75) is 0 Å². The zero-order valence-corrected chi connectivity index (χ0v) is 12.5. The zero-order valence-electron chi connectivity index (χ0n) is 12.5. The Hall–Kier alpha value is -3.61. The fourth-order valence-corrected chi connectivity index (χ4v) is 2.18. The molecule has 2 aromatic carbocycles. The van der Waals surface area contributed by atoms with Gasteiger partial charge >= 0.3 is 0 Å². The van der Waals surface area contributed by atoms with Crippen LogP contribution in [0.1, 0.15) is 5.56 Å². The molecule has 0 atom stereocenters. The number of para-hydroxylation sites is 2. The molecule has 7 nitrogen and oxygen atoms in total. The molecule has 3 rings (SSSR count). The number of nitro groups is 1. The topological polar surface area (TPSA) is 93.3 Å². The van der Waals surface area contributed by atoms with Crippen molar-refractivity contribution in [2.24, 2.45) is 5.10 Å². The van der Waals surface area contributed by atoms with Crippen molar-refractivity contribution in [2.75, 3.05) is 5.43 Å². The van der Waals surface area contributed by atoms with Gasteiger partial charge in [0.25, 0.3) is 5.69 Å². The van der Waals surface area contributed by atoms with E-state index >= 15 is 0 Å². The number of nitrogens with one attached hydrogen (secondary N) is 1. The van der Waals surface area contributed by atoms with Crippen molar-refractivity contribution in [1.82, 2.24) is 9.97 Å². The van der Waals surface area contributed by atoms with Gasteiger partial charge in [-0.15, -0.1) is 0 Å². The lowest BCUT2D eigenvalue weighted by atomic mass is 10.2. The van der Waals surface area contributed by atoms with E-state index < -0.39 is 4.92 Å². The number of hydrogen-bond donors (Lipinski definition) is 1. The first kappa shape index (κ1) is 15.3. The van der Waals surface area contributed by atoms with E-state index in [0.717, 1.165) is 10.9 Å². The summed E-state index contributed by atoms with van der Waals surface area (Å²) in [5.41, 5.74) is 4.23. The zero-order chi connectivity index (χ0) is 16.8. The van der Waals surface area contributed by atoms with Crippen molar-refractivity contribution < 1.29 is 4.92 Å². The van der Waals surface area contributed by atoms with E-state index in [1.54, 1.807) is 30.4 Å². The smallest absolute Gasteiger partial charge is 0.261 e. The monoisotopic (exact) mass is 319 g/mol. The highest BCUT2D eigenvalue weighted by molar-refractivity contribution is 5.89. The van der Waals surface area contributed by atoms with Crippen LogP contribution in [0.2, 0.25) is 0 Å². The van der Waals surface area contributed by atoms with Gasteiger partial charge in [-0.05, 0) is 30.4 Å². The number of hydrazone groups is 1. The SMILES string of the molecule is O=[N+]([O-])c1ccccc1/C=C/C=N/Nc1ncnc2ccccc12. The number of aromatic nitrogens is 2. The van der Waals surface area contributed by atoms with Crippen LogP contribution >= 0.6 is 0 Å². The summed E-state index contributed by atoms with van der Waals surface area (Å²) in [4.78, 5) is 18.8. The molecule has 1 heterocycles. The Labute approximate surface area is 137 Å². The van der Waals surface area contributed by atoms with Crippen LogP contribution in [0.15, 0.2) is 66.0 Å². The summed E-state index contributed by atoms with van der Waals surface area (Å²) >= 11 is 0. The summed E-state index contributed by atoms with van der Waals surface area (Å²) in [6.45, 7) is 0. The molecule has 0 fully saturated rings. The van der Waals surface area contributed by atoms with Crippen LogP contribution in [0.3, 0.4) is 0 Å². The van der Waals surface area contributed by atoms with Crippen LogP contribution in [-0.4, -0.2) is 21.1 Å². The first-order valence-electron chi connectivity index (χ1n) is 7.14. The predicted octanol–water partition coefficient (Wildman–Crippen LogP) is 3.65. The Morgan fingerprint density at radius 3 is 2.75 bits per heavy atom. The molecular formula is C17H13N5O2. The third-order valence-electron chi connectivity index (χ3n) is 3.28. The molecule has 0 saturated carbocycles. The van der Waals surface area contributed by atoms with Crippen LogP contribution in [0.25, 0.3) is 17.0 Å². The molecule has 24 heavy (non-hydrogen) atoms. The molecule has 0 aliphatic heterocycles. The third kappa shape index (κ3) is 3.41. The molecule has 3 aromatic rings. The summed E-state index contributed by atoms with van der Waals surface area (Å²) in [5, 5.41) is 15.9. The fourth-order valence-electron chi connectivity index (χ4n) is 2.18. The second-order valence-corrected chi connectivity index (χ2v) is 4.80. The Balaban J connectivity index is 1.72. The van der Waals surface area contributed by atoms with Crippen molar-refractivity contribution in [3.63, 3.8) is 0 Å². The third-order valence-corrected chi connectivity index (χ3v) is 3.28. The maximum Gasteiger partial charge on any atom is 0.276 e. The highest BCUT2D eigenvalue weighted by atomic mass is 16.6. The number of rotatable bonds is 5. The molecule has 1 N–H and O–H groups in total. The van der Waals surface area contributed by atoms with E-state index in [-0.39, 0.29) is 5.69 Å². The Morgan fingerprint density at radius 1 is 1.08 bits per heavy atom. The summed E-state index contributed by atoms with van der Waals surface area (Å²) in [7, 11) is 0. The first-order chi connectivity index (χ1) is 11.8. The summed E-state index contributed by atoms with van der Waals surface area (Å²) < 4.78 is 0. The van der Waals surface area contributed by atoms with Crippen LogP contribution in [0.5, 0.6) is 0 Å². The second kappa shape index (κ2) is 7.10. The predicted molar refractivity (Wildman–Crippen MR) is 93.8 cm³/mol. The van der Waals surface area contributed by atoms with Gasteiger partial charge in [0, 0.05) is 17.7 Å².